The molecule has 0 fully saturated rings. The first-order valence-electron chi connectivity index (χ1n) is 6.24. The zero-order valence-electron chi connectivity index (χ0n) is 10.7. The van der Waals surface area contributed by atoms with Gasteiger partial charge in [-0.05, 0) is 12.1 Å². The van der Waals surface area contributed by atoms with Crippen LogP contribution in [-0.4, -0.2) is 29.3 Å². The monoisotopic (exact) mass is 274 g/mol. The average molecular weight is 274 g/mol. The lowest BCUT2D eigenvalue weighted by Gasteiger charge is -2.10. The Kier molecular flexibility index (Phi) is 3.16. The van der Waals surface area contributed by atoms with Gasteiger partial charge in [0.1, 0.15) is 11.4 Å². The van der Waals surface area contributed by atoms with Gasteiger partial charge in [-0.3, -0.25) is 9.89 Å². The summed E-state index contributed by atoms with van der Waals surface area (Å²) in [6.07, 6.45) is 2.22. The molecule has 20 heavy (non-hydrogen) atoms. The van der Waals surface area contributed by atoms with E-state index in [0.29, 0.717) is 36.0 Å². The van der Waals surface area contributed by atoms with Gasteiger partial charge >= 0.3 is 0 Å². The van der Waals surface area contributed by atoms with Gasteiger partial charge < -0.3 is 20.5 Å². The summed E-state index contributed by atoms with van der Waals surface area (Å²) in [7, 11) is 0. The number of nitrogens with one attached hydrogen (secondary N) is 2. The predicted molar refractivity (Wildman–Crippen MR) is 73.0 cm³/mol. The van der Waals surface area contributed by atoms with Crippen molar-refractivity contribution in [2.24, 2.45) is 0 Å². The van der Waals surface area contributed by atoms with Crippen molar-refractivity contribution in [2.75, 3.05) is 24.3 Å². The lowest BCUT2D eigenvalue weighted by molar-refractivity contribution is 0.102. The summed E-state index contributed by atoms with van der Waals surface area (Å²) < 4.78 is 11.1. The minimum Gasteiger partial charge on any atom is -0.490 e. The molecular formula is C13H14N4O3. The Hall–Kier alpha value is -2.70. The highest BCUT2D eigenvalue weighted by atomic mass is 16.5. The average Bonchev–Trinajstić information content (AvgIpc) is 2.73. The Morgan fingerprint density at radius 1 is 1.30 bits per heavy atom. The van der Waals surface area contributed by atoms with Crippen LogP contribution >= 0.6 is 0 Å². The second-order valence-electron chi connectivity index (χ2n) is 4.36. The fourth-order valence-corrected chi connectivity index (χ4v) is 1.92. The van der Waals surface area contributed by atoms with Crippen molar-refractivity contribution in [3.63, 3.8) is 0 Å². The first kappa shape index (κ1) is 12.3. The van der Waals surface area contributed by atoms with Crippen LogP contribution in [0.5, 0.6) is 11.5 Å². The van der Waals surface area contributed by atoms with Gasteiger partial charge in [-0.2, -0.15) is 5.10 Å². The number of hydrogen-bond acceptors (Lipinski definition) is 5. The highest BCUT2D eigenvalue weighted by Crippen LogP contribution is 2.32. The third kappa shape index (κ3) is 2.37. The standard InChI is InChI=1S/C13H14N4O3/c14-12-9(7-15-17-12)13(18)16-8-2-3-10-11(6-8)20-5-1-4-19-10/h2-3,6-7H,1,4-5H2,(H,16,18)(H3,14,15,17). The van der Waals surface area contributed by atoms with Crippen LogP contribution in [0.15, 0.2) is 24.4 Å². The topological polar surface area (TPSA) is 102 Å². The van der Waals surface area contributed by atoms with E-state index in [-0.39, 0.29) is 11.7 Å². The quantitative estimate of drug-likeness (QED) is 0.768. The van der Waals surface area contributed by atoms with Crippen molar-refractivity contribution in [1.29, 1.82) is 0 Å². The van der Waals surface area contributed by atoms with E-state index in [1.807, 2.05) is 0 Å². The number of nitrogens with two attached hydrogens (primary N) is 1. The molecule has 1 amide bonds. The molecule has 0 atom stereocenters. The third-order valence-corrected chi connectivity index (χ3v) is 2.92. The molecule has 3 rings (SSSR count). The summed E-state index contributed by atoms with van der Waals surface area (Å²) in [5.41, 5.74) is 6.52. The molecule has 104 valence electrons. The van der Waals surface area contributed by atoms with E-state index in [1.54, 1.807) is 18.2 Å². The molecule has 0 saturated heterocycles. The summed E-state index contributed by atoms with van der Waals surface area (Å²) in [4.78, 5) is 12.0. The number of H-pyrrole nitrogens is 1. The number of carbonyl (C=O) groups is 1. The van der Waals surface area contributed by atoms with E-state index in [4.69, 9.17) is 15.2 Å². The molecule has 1 aliphatic rings. The molecule has 1 aromatic heterocycles. The Morgan fingerprint density at radius 3 is 2.85 bits per heavy atom. The van der Waals surface area contributed by atoms with Crippen LogP contribution in [0.4, 0.5) is 11.5 Å². The van der Waals surface area contributed by atoms with Crippen molar-refractivity contribution in [3.8, 4) is 11.5 Å². The molecule has 0 saturated carbocycles. The molecule has 7 nitrogen and oxygen atoms in total. The summed E-state index contributed by atoms with van der Waals surface area (Å²) >= 11 is 0. The van der Waals surface area contributed by atoms with Gasteiger partial charge in [0.2, 0.25) is 0 Å². The van der Waals surface area contributed by atoms with Gasteiger partial charge in [-0.15, -0.1) is 0 Å². The number of aromatic nitrogens is 2. The van der Waals surface area contributed by atoms with Crippen molar-refractivity contribution in [3.05, 3.63) is 30.0 Å². The number of nitrogens with zero attached hydrogens (tertiary/aromatic N) is 1. The number of aromatic amines is 1. The molecule has 2 aromatic rings. The second-order valence-corrected chi connectivity index (χ2v) is 4.36. The van der Waals surface area contributed by atoms with Gasteiger partial charge in [-0.1, -0.05) is 0 Å². The SMILES string of the molecule is Nc1[nH]ncc1C(=O)Nc1ccc2c(c1)OCCCO2. The Morgan fingerprint density at radius 2 is 2.10 bits per heavy atom. The van der Waals surface area contributed by atoms with Gasteiger partial charge in [0, 0.05) is 18.2 Å². The fraction of sp³-hybridized carbons (Fsp3) is 0.231. The van der Waals surface area contributed by atoms with Gasteiger partial charge in [-0.25, -0.2) is 0 Å². The third-order valence-electron chi connectivity index (χ3n) is 2.92. The molecular weight excluding hydrogens is 260 g/mol. The van der Waals surface area contributed by atoms with Gasteiger partial charge in [0.05, 0.1) is 19.4 Å². The van der Waals surface area contributed by atoms with Crippen LogP contribution in [0.25, 0.3) is 0 Å². The van der Waals surface area contributed by atoms with Crippen molar-refractivity contribution in [1.82, 2.24) is 10.2 Å². The minimum atomic E-state index is -0.328. The van der Waals surface area contributed by atoms with E-state index < -0.39 is 0 Å². The fourth-order valence-electron chi connectivity index (χ4n) is 1.92. The summed E-state index contributed by atoms with van der Waals surface area (Å²) in [5.74, 6) is 1.21. The number of fused-ring (bicyclic) bond motifs is 1. The molecule has 1 aromatic carbocycles. The molecule has 0 spiro atoms. The van der Waals surface area contributed by atoms with Crippen LogP contribution in [0.1, 0.15) is 16.8 Å². The highest BCUT2D eigenvalue weighted by molar-refractivity contribution is 6.07. The molecule has 0 radical (unpaired) electrons. The summed E-state index contributed by atoms with van der Waals surface area (Å²) in [5, 5.41) is 8.97. The van der Waals surface area contributed by atoms with Crippen LogP contribution in [0.3, 0.4) is 0 Å². The van der Waals surface area contributed by atoms with Crippen LogP contribution in [0, 0.1) is 0 Å². The van der Waals surface area contributed by atoms with Crippen LogP contribution in [-0.2, 0) is 0 Å². The second kappa shape index (κ2) is 5.12. The van der Waals surface area contributed by atoms with E-state index in [0.717, 1.165) is 6.42 Å². The first-order valence-corrected chi connectivity index (χ1v) is 6.24. The Labute approximate surface area is 115 Å². The Bertz CT molecular complexity index is 638. The molecule has 2 heterocycles. The van der Waals surface area contributed by atoms with Crippen LogP contribution in [0.2, 0.25) is 0 Å². The number of rotatable bonds is 2. The molecule has 4 N–H and O–H groups in total. The number of ether oxygens (including phenoxy) is 2. The maximum absolute atomic E-state index is 12.0. The first-order chi connectivity index (χ1) is 9.74. The lowest BCUT2D eigenvalue weighted by atomic mass is 10.2. The smallest absolute Gasteiger partial charge is 0.261 e. The lowest BCUT2D eigenvalue weighted by Crippen LogP contribution is -2.13. The molecule has 0 aliphatic carbocycles. The molecule has 0 bridgehead atoms. The number of benzene rings is 1. The van der Waals surface area contributed by atoms with E-state index in [1.165, 1.54) is 6.20 Å². The van der Waals surface area contributed by atoms with E-state index in [9.17, 15) is 4.79 Å². The predicted octanol–water partition coefficient (Wildman–Crippen LogP) is 1.41. The number of anilines is 2. The number of hydrogen-bond donors (Lipinski definition) is 3. The van der Waals surface area contributed by atoms with Gasteiger partial charge in [0.25, 0.3) is 5.91 Å². The highest BCUT2D eigenvalue weighted by Gasteiger charge is 2.14. The molecule has 7 heteroatoms. The zero-order chi connectivity index (χ0) is 13.9. The summed E-state index contributed by atoms with van der Waals surface area (Å²) in [6, 6.07) is 5.26. The summed E-state index contributed by atoms with van der Waals surface area (Å²) in [6.45, 7) is 1.23. The number of carbonyl (C=O) groups excluding carboxylic acids is 1. The van der Waals surface area contributed by atoms with E-state index >= 15 is 0 Å². The number of nitrogen functional groups attached to an aromatic ring is 1. The van der Waals surface area contributed by atoms with Gasteiger partial charge in [0.15, 0.2) is 11.5 Å². The van der Waals surface area contributed by atoms with Crippen molar-refractivity contribution < 1.29 is 14.3 Å². The van der Waals surface area contributed by atoms with E-state index in [2.05, 4.69) is 15.5 Å². The van der Waals surface area contributed by atoms with Crippen molar-refractivity contribution >= 4 is 17.4 Å². The maximum Gasteiger partial charge on any atom is 0.261 e. The maximum atomic E-state index is 12.0. The number of amides is 1. The molecule has 1 aliphatic heterocycles. The van der Waals surface area contributed by atoms with Crippen LogP contribution < -0.4 is 20.5 Å². The molecule has 0 unspecified atom stereocenters. The Balaban J connectivity index is 1.80. The van der Waals surface area contributed by atoms with Crippen molar-refractivity contribution in [2.45, 2.75) is 6.42 Å². The minimum absolute atomic E-state index is 0.233. The largest absolute Gasteiger partial charge is 0.490 e. The zero-order valence-corrected chi connectivity index (χ0v) is 10.7. The normalized spacial score (nSPS) is 13.6.